The van der Waals surface area contributed by atoms with Gasteiger partial charge in [0, 0.05) is 78.9 Å². The molecule has 0 spiro atoms. The van der Waals surface area contributed by atoms with Crippen molar-refractivity contribution < 1.29 is 14.3 Å². The zero-order valence-electron chi connectivity index (χ0n) is 22.6. The number of ether oxygens (including phenoxy) is 2. The van der Waals surface area contributed by atoms with Gasteiger partial charge in [0.15, 0.2) is 5.75 Å². The van der Waals surface area contributed by atoms with Crippen LogP contribution in [0.2, 0.25) is 0 Å². The third-order valence-corrected chi connectivity index (χ3v) is 6.76. The van der Waals surface area contributed by atoms with Crippen LogP contribution in [-0.2, 0) is 7.05 Å². The van der Waals surface area contributed by atoms with E-state index in [0.29, 0.717) is 45.9 Å². The fourth-order valence-electron chi connectivity index (χ4n) is 5.21. The lowest BCUT2D eigenvalue weighted by molar-refractivity contribution is 0.102. The molecule has 3 aromatic heterocycles. The van der Waals surface area contributed by atoms with E-state index in [1.54, 1.807) is 35.3 Å². The topological polar surface area (TPSA) is 132 Å². The summed E-state index contributed by atoms with van der Waals surface area (Å²) in [6, 6.07) is 9.90. The minimum atomic E-state index is -0.320. The number of aromatic nitrogens is 6. The van der Waals surface area contributed by atoms with Crippen LogP contribution in [0.4, 0.5) is 11.4 Å². The van der Waals surface area contributed by atoms with Crippen molar-refractivity contribution >= 4 is 39.1 Å². The van der Waals surface area contributed by atoms with Crippen molar-refractivity contribution in [2.75, 3.05) is 30.4 Å². The molecular formula is C28H29N9O3. The molecule has 0 aliphatic carbocycles. The van der Waals surface area contributed by atoms with Crippen molar-refractivity contribution in [3.05, 3.63) is 60.7 Å². The van der Waals surface area contributed by atoms with Gasteiger partial charge in [-0.3, -0.25) is 9.48 Å². The molecule has 1 aliphatic heterocycles. The van der Waals surface area contributed by atoms with Crippen molar-refractivity contribution in [1.29, 1.82) is 0 Å². The number of nitrogens with one attached hydrogen (secondary N) is 2. The molecule has 1 amide bonds. The maximum atomic E-state index is 13.7. The molecule has 4 heterocycles. The third kappa shape index (κ3) is 4.96. The largest absolute Gasteiger partial charge is 0.467 e. The Bertz CT molecular complexity index is 1700. The summed E-state index contributed by atoms with van der Waals surface area (Å²) in [5.74, 6) is 0.666. The molecule has 0 saturated carbocycles. The molecule has 2 N–H and O–H groups in total. The van der Waals surface area contributed by atoms with E-state index in [2.05, 4.69) is 54.6 Å². The lowest BCUT2D eigenvalue weighted by atomic mass is 10.0. The number of nitrogens with zero attached hydrogens (tertiary/aromatic N) is 7. The molecule has 1 fully saturated rings. The minimum absolute atomic E-state index is 0.194. The van der Waals surface area contributed by atoms with E-state index in [1.165, 1.54) is 13.3 Å². The Balaban J connectivity index is 1.37. The second-order valence-electron chi connectivity index (χ2n) is 9.97. The molecule has 12 heteroatoms. The summed E-state index contributed by atoms with van der Waals surface area (Å²) in [7, 11) is 3.34. The number of fused-ring (bicyclic) bond motifs is 2. The van der Waals surface area contributed by atoms with Gasteiger partial charge in [-0.15, -0.1) is 0 Å². The van der Waals surface area contributed by atoms with Crippen LogP contribution >= 0.6 is 0 Å². The van der Waals surface area contributed by atoms with E-state index in [0.717, 1.165) is 29.5 Å². The van der Waals surface area contributed by atoms with E-state index in [1.807, 2.05) is 25.4 Å². The number of rotatable bonds is 6. The predicted octanol–water partition coefficient (Wildman–Crippen LogP) is 3.55. The summed E-state index contributed by atoms with van der Waals surface area (Å²) in [6.45, 7) is 5.98. The van der Waals surface area contributed by atoms with Gasteiger partial charge in [-0.2, -0.15) is 20.3 Å². The Morgan fingerprint density at radius 2 is 1.90 bits per heavy atom. The Kier molecular flexibility index (Phi) is 6.60. The van der Waals surface area contributed by atoms with Gasteiger partial charge in [0.25, 0.3) is 5.91 Å². The zero-order chi connectivity index (χ0) is 27.8. The number of aryl methyl sites for hydroxylation is 1. The normalized spacial score (nSPS) is 17.2. The molecule has 2 aromatic carbocycles. The van der Waals surface area contributed by atoms with Crippen molar-refractivity contribution in [2.24, 2.45) is 7.05 Å². The Hall–Kier alpha value is -4.84. The van der Waals surface area contributed by atoms with Gasteiger partial charge in [-0.1, -0.05) is 0 Å². The summed E-state index contributed by atoms with van der Waals surface area (Å²) < 4.78 is 13.1. The maximum absolute atomic E-state index is 13.7. The van der Waals surface area contributed by atoms with Crippen molar-refractivity contribution in [3.8, 4) is 17.5 Å². The molecule has 1 aliphatic rings. The molecule has 5 aromatic rings. The number of hydrogen-bond acceptors (Lipinski definition) is 10. The van der Waals surface area contributed by atoms with E-state index in [9.17, 15) is 4.79 Å². The predicted molar refractivity (Wildman–Crippen MR) is 151 cm³/mol. The van der Waals surface area contributed by atoms with Crippen LogP contribution in [0.25, 0.3) is 21.8 Å². The lowest BCUT2D eigenvalue weighted by Gasteiger charge is -2.38. The van der Waals surface area contributed by atoms with Crippen LogP contribution < -0.4 is 25.0 Å². The summed E-state index contributed by atoms with van der Waals surface area (Å²) in [5, 5.41) is 20.3. The van der Waals surface area contributed by atoms with Gasteiger partial charge < -0.3 is 25.0 Å². The molecule has 0 radical (unpaired) electrons. The summed E-state index contributed by atoms with van der Waals surface area (Å²) in [6.07, 6.45) is 6.64. The molecule has 2 atom stereocenters. The van der Waals surface area contributed by atoms with E-state index >= 15 is 0 Å². The molecule has 12 nitrogen and oxygen atoms in total. The van der Waals surface area contributed by atoms with Crippen LogP contribution in [0, 0.1) is 0 Å². The first-order chi connectivity index (χ1) is 19.4. The van der Waals surface area contributed by atoms with Crippen LogP contribution in [-0.4, -0.2) is 68.1 Å². The number of piperazine rings is 1. The average molecular weight is 540 g/mol. The van der Waals surface area contributed by atoms with E-state index < -0.39 is 0 Å². The van der Waals surface area contributed by atoms with Gasteiger partial charge in [-0.05, 0) is 32.0 Å². The van der Waals surface area contributed by atoms with Crippen molar-refractivity contribution in [2.45, 2.75) is 25.9 Å². The van der Waals surface area contributed by atoms with E-state index in [4.69, 9.17) is 9.47 Å². The van der Waals surface area contributed by atoms with Crippen LogP contribution in [0.3, 0.4) is 0 Å². The Morgan fingerprint density at radius 1 is 1.07 bits per heavy atom. The molecule has 6 rings (SSSR count). The van der Waals surface area contributed by atoms with Crippen LogP contribution in [0.15, 0.2) is 55.1 Å². The number of carbonyl (C=O) groups excluding carboxylic acids is 1. The average Bonchev–Trinajstić information content (AvgIpc) is 3.32. The molecule has 0 unspecified atom stereocenters. The SMILES string of the molecule is COc1ncc2c(N3C[C@H](C)N[C@@H](C)C3)ccc(C(=O)Nc3cc(Oc4ccnnc4)c4nn(C)cc4c3)c2n1. The molecule has 0 bridgehead atoms. The monoisotopic (exact) mass is 539 g/mol. The quantitative estimate of drug-likeness (QED) is 0.330. The zero-order valence-corrected chi connectivity index (χ0v) is 22.6. The fourth-order valence-corrected chi connectivity index (χ4v) is 5.21. The highest BCUT2D eigenvalue weighted by Crippen LogP contribution is 2.34. The van der Waals surface area contributed by atoms with Gasteiger partial charge in [0.05, 0.1) is 30.6 Å². The summed E-state index contributed by atoms with van der Waals surface area (Å²) in [5.41, 5.74) is 3.10. The lowest BCUT2D eigenvalue weighted by Crippen LogP contribution is -2.54. The molecule has 40 heavy (non-hydrogen) atoms. The summed E-state index contributed by atoms with van der Waals surface area (Å²) >= 11 is 0. The highest BCUT2D eigenvalue weighted by atomic mass is 16.5. The Labute approximate surface area is 230 Å². The smallest absolute Gasteiger partial charge is 0.316 e. The number of hydrogen-bond donors (Lipinski definition) is 2. The first-order valence-electron chi connectivity index (χ1n) is 13.0. The Morgan fingerprint density at radius 3 is 2.65 bits per heavy atom. The number of amides is 1. The minimum Gasteiger partial charge on any atom is -0.467 e. The highest BCUT2D eigenvalue weighted by molar-refractivity contribution is 6.14. The third-order valence-electron chi connectivity index (χ3n) is 6.76. The summed E-state index contributed by atoms with van der Waals surface area (Å²) in [4.78, 5) is 25.0. The van der Waals surface area contributed by atoms with Crippen LogP contribution in [0.5, 0.6) is 17.5 Å². The first-order valence-corrected chi connectivity index (χ1v) is 13.0. The second-order valence-corrected chi connectivity index (χ2v) is 9.97. The first kappa shape index (κ1) is 25.4. The van der Waals surface area contributed by atoms with E-state index in [-0.39, 0.29) is 11.9 Å². The fraction of sp³-hybridized carbons (Fsp3) is 0.286. The van der Waals surface area contributed by atoms with Gasteiger partial charge in [0.2, 0.25) is 0 Å². The van der Waals surface area contributed by atoms with Gasteiger partial charge in [-0.25, -0.2) is 4.98 Å². The maximum Gasteiger partial charge on any atom is 0.316 e. The van der Waals surface area contributed by atoms with Crippen LogP contribution in [0.1, 0.15) is 24.2 Å². The number of benzene rings is 2. The standard InChI is InChI=1S/C28H29N9O3/c1-16-13-37(14-17(2)32-16)23-6-5-21(26-22(23)12-29-28(34-26)39-4)27(38)33-19-9-18-15-36(3)35-25(18)24(10-19)40-20-7-8-30-31-11-20/h5-12,15-17,32H,13-14H2,1-4H3,(H,33,38)/t16-,17-/m0/s1. The number of carbonyl (C=O) groups is 1. The number of anilines is 2. The van der Waals surface area contributed by atoms with Crippen molar-refractivity contribution in [3.63, 3.8) is 0 Å². The van der Waals surface area contributed by atoms with Crippen molar-refractivity contribution in [1.82, 2.24) is 35.3 Å². The molecular weight excluding hydrogens is 510 g/mol. The molecule has 1 saturated heterocycles. The van der Waals surface area contributed by atoms with Gasteiger partial charge in [0.1, 0.15) is 11.3 Å². The van der Waals surface area contributed by atoms with Gasteiger partial charge >= 0.3 is 6.01 Å². The number of methoxy groups -OCH3 is 1. The second kappa shape index (κ2) is 10.4. The highest BCUT2D eigenvalue weighted by Gasteiger charge is 2.25. The molecule has 204 valence electrons.